The Labute approximate surface area is 226 Å². The number of ether oxygens (including phenoxy) is 6. The van der Waals surface area contributed by atoms with E-state index in [0.29, 0.717) is 0 Å². The molecule has 0 spiro atoms. The molecular weight excluding hydrogens is 516 g/mol. The molecule has 1 aliphatic heterocycles. The van der Waals surface area contributed by atoms with E-state index in [9.17, 15) is 24.0 Å². The van der Waals surface area contributed by atoms with E-state index in [0.717, 1.165) is 5.56 Å². The highest BCUT2D eigenvalue weighted by Gasteiger charge is 2.49. The van der Waals surface area contributed by atoms with Crippen molar-refractivity contribution in [2.75, 3.05) is 13.2 Å². The molecule has 3 N–H and O–H groups in total. The van der Waals surface area contributed by atoms with E-state index in [4.69, 9.17) is 34.2 Å². The van der Waals surface area contributed by atoms with E-state index in [-0.39, 0.29) is 32.6 Å². The van der Waals surface area contributed by atoms with Crippen molar-refractivity contribution < 1.29 is 52.4 Å². The van der Waals surface area contributed by atoms with Crippen LogP contribution in [0.4, 0.5) is 0 Å². The monoisotopic (exact) mass is 552 g/mol. The molecule has 2 rings (SSSR count). The molecule has 1 fully saturated rings. The summed E-state index contributed by atoms with van der Waals surface area (Å²) in [7, 11) is 0. The smallest absolute Gasteiger partial charge is 0.303 e. The van der Waals surface area contributed by atoms with Gasteiger partial charge in [0.05, 0.1) is 12.6 Å². The van der Waals surface area contributed by atoms with Gasteiger partial charge in [-0.2, -0.15) is 0 Å². The quantitative estimate of drug-likeness (QED) is 0.256. The Morgan fingerprint density at radius 2 is 1.56 bits per heavy atom. The van der Waals surface area contributed by atoms with E-state index in [1.165, 1.54) is 27.7 Å². The van der Waals surface area contributed by atoms with E-state index in [2.05, 4.69) is 5.32 Å². The van der Waals surface area contributed by atoms with Gasteiger partial charge in [-0.25, -0.2) is 0 Å². The number of hydrogen-bond acceptors (Lipinski definition) is 12. The molecule has 216 valence electrons. The van der Waals surface area contributed by atoms with Crippen LogP contribution >= 0.6 is 0 Å². The summed E-state index contributed by atoms with van der Waals surface area (Å²) in [4.78, 5) is 58.7. The highest BCUT2D eigenvalue weighted by Crippen LogP contribution is 2.26. The molecule has 13 nitrogen and oxygen atoms in total. The minimum absolute atomic E-state index is 0.0784. The zero-order chi connectivity index (χ0) is 28.9. The molecule has 0 unspecified atom stereocenters. The molecule has 0 aromatic heterocycles. The summed E-state index contributed by atoms with van der Waals surface area (Å²) in [6, 6.07) is 8.24. The molecule has 39 heavy (non-hydrogen) atoms. The van der Waals surface area contributed by atoms with Gasteiger partial charge in [0.1, 0.15) is 18.8 Å². The molecule has 1 aliphatic rings. The lowest BCUT2D eigenvalue weighted by Crippen LogP contribution is -2.65. The van der Waals surface area contributed by atoms with Crippen LogP contribution in [0.1, 0.15) is 46.1 Å². The number of nitrogens with one attached hydrogen (secondary N) is 1. The van der Waals surface area contributed by atoms with E-state index in [1.54, 1.807) is 0 Å². The van der Waals surface area contributed by atoms with Crippen molar-refractivity contribution in [3.05, 3.63) is 35.9 Å². The van der Waals surface area contributed by atoms with Crippen LogP contribution in [0.5, 0.6) is 0 Å². The number of carbonyl (C=O) groups excluding carboxylic acids is 5. The van der Waals surface area contributed by atoms with E-state index < -0.39 is 66.5 Å². The van der Waals surface area contributed by atoms with Crippen molar-refractivity contribution in [2.24, 2.45) is 5.73 Å². The molecule has 1 amide bonds. The number of nitrogens with two attached hydrogens (primary N) is 1. The maximum absolute atomic E-state index is 12.6. The van der Waals surface area contributed by atoms with Gasteiger partial charge >= 0.3 is 23.9 Å². The number of carbonyl (C=O) groups is 5. The van der Waals surface area contributed by atoms with E-state index in [1.807, 2.05) is 30.3 Å². The van der Waals surface area contributed by atoms with Crippen molar-refractivity contribution in [2.45, 2.75) is 83.9 Å². The van der Waals surface area contributed by atoms with Crippen LogP contribution in [-0.2, 0) is 59.0 Å². The maximum atomic E-state index is 12.6. The largest absolute Gasteiger partial charge is 0.462 e. The zero-order valence-corrected chi connectivity index (χ0v) is 22.5. The highest BCUT2D eigenvalue weighted by atomic mass is 16.7. The summed E-state index contributed by atoms with van der Waals surface area (Å²) in [5.74, 6) is -2.89. The predicted octanol–water partition coefficient (Wildman–Crippen LogP) is 0.510. The summed E-state index contributed by atoms with van der Waals surface area (Å²) in [6.45, 7) is 4.61. The fraction of sp³-hybridized carbons (Fsp3) is 0.577. The Bertz CT molecular complexity index is 987. The molecule has 0 bridgehead atoms. The summed E-state index contributed by atoms with van der Waals surface area (Å²) in [6.07, 6.45) is -5.07. The summed E-state index contributed by atoms with van der Waals surface area (Å²) >= 11 is 0. The van der Waals surface area contributed by atoms with Gasteiger partial charge in [-0.15, -0.1) is 0 Å². The molecule has 1 aromatic carbocycles. The Morgan fingerprint density at radius 1 is 0.923 bits per heavy atom. The third-order valence-corrected chi connectivity index (χ3v) is 5.55. The van der Waals surface area contributed by atoms with Gasteiger partial charge in [0, 0.05) is 40.7 Å². The lowest BCUT2D eigenvalue weighted by Gasteiger charge is -2.43. The lowest BCUT2D eigenvalue weighted by atomic mass is 9.96. The van der Waals surface area contributed by atoms with Gasteiger partial charge in [-0.05, 0) is 12.0 Å². The highest BCUT2D eigenvalue weighted by molar-refractivity contribution is 5.76. The van der Waals surface area contributed by atoms with Crippen molar-refractivity contribution in [3.63, 3.8) is 0 Å². The fourth-order valence-corrected chi connectivity index (χ4v) is 3.88. The molecular formula is C26H36N2O11. The standard InChI is InChI=1S/C26H36N2O11/c1-15(29)34-14-20(36-16(2)30)10-11-22(33)28-12-21-24(37-17(3)31)25(38-18(4)32)23(27)26(39-21)35-13-19-8-6-5-7-9-19/h5-9,20-21,23-26H,10-14,27H2,1-4H3,(H,28,33)/t20-,21+,23+,24+,25+,26-/m0/s1. The number of rotatable bonds is 13. The van der Waals surface area contributed by atoms with Crippen LogP contribution in [0.15, 0.2) is 30.3 Å². The number of esters is 4. The van der Waals surface area contributed by atoms with Gasteiger partial charge in [-0.1, -0.05) is 30.3 Å². The van der Waals surface area contributed by atoms with Gasteiger partial charge in [0.2, 0.25) is 5.91 Å². The summed E-state index contributed by atoms with van der Waals surface area (Å²) < 4.78 is 32.6. The molecule has 0 saturated carbocycles. The minimum atomic E-state index is -1.13. The third-order valence-electron chi connectivity index (χ3n) is 5.55. The van der Waals surface area contributed by atoms with Gasteiger partial charge in [-0.3, -0.25) is 24.0 Å². The van der Waals surface area contributed by atoms with Crippen LogP contribution in [0.2, 0.25) is 0 Å². The second kappa shape index (κ2) is 15.8. The molecule has 1 saturated heterocycles. The first kappa shape index (κ1) is 31.7. The number of benzene rings is 1. The van der Waals surface area contributed by atoms with Crippen LogP contribution in [-0.4, -0.2) is 79.7 Å². The maximum Gasteiger partial charge on any atom is 0.303 e. The minimum Gasteiger partial charge on any atom is -0.462 e. The average molecular weight is 553 g/mol. The molecule has 0 aliphatic carbocycles. The van der Waals surface area contributed by atoms with Crippen molar-refractivity contribution in [3.8, 4) is 0 Å². The predicted molar refractivity (Wildman–Crippen MR) is 133 cm³/mol. The molecule has 6 atom stereocenters. The second-order valence-corrected chi connectivity index (χ2v) is 8.94. The topological polar surface area (TPSA) is 179 Å². The van der Waals surface area contributed by atoms with Gasteiger partial charge < -0.3 is 39.5 Å². The zero-order valence-electron chi connectivity index (χ0n) is 22.5. The Kier molecular flexibility index (Phi) is 12.8. The summed E-state index contributed by atoms with van der Waals surface area (Å²) in [5.41, 5.74) is 7.15. The van der Waals surface area contributed by atoms with Crippen LogP contribution in [0.25, 0.3) is 0 Å². The van der Waals surface area contributed by atoms with Crippen molar-refractivity contribution in [1.82, 2.24) is 5.32 Å². The Morgan fingerprint density at radius 3 is 2.15 bits per heavy atom. The Hall–Kier alpha value is -3.55. The molecule has 13 heteroatoms. The van der Waals surface area contributed by atoms with E-state index >= 15 is 0 Å². The summed E-state index contributed by atoms with van der Waals surface area (Å²) in [5, 5.41) is 2.67. The first-order valence-corrected chi connectivity index (χ1v) is 12.4. The fourth-order valence-electron chi connectivity index (χ4n) is 3.88. The van der Waals surface area contributed by atoms with Gasteiger partial charge in [0.15, 0.2) is 18.5 Å². The SMILES string of the molecule is CC(=O)OC[C@H](CCC(=O)NC[C@H]1O[C@H](OCc2ccccc2)[C@H](N)[C@@H](OC(C)=O)[C@@H]1OC(C)=O)OC(C)=O. The van der Waals surface area contributed by atoms with Crippen LogP contribution in [0.3, 0.4) is 0 Å². The normalized spacial score (nSPS) is 23.2. The van der Waals surface area contributed by atoms with Crippen molar-refractivity contribution >= 4 is 29.8 Å². The molecule has 1 aromatic rings. The first-order valence-electron chi connectivity index (χ1n) is 12.4. The number of amides is 1. The van der Waals surface area contributed by atoms with Crippen molar-refractivity contribution in [1.29, 1.82) is 0 Å². The average Bonchev–Trinajstić information content (AvgIpc) is 2.86. The molecule has 0 radical (unpaired) electrons. The first-order chi connectivity index (χ1) is 18.5. The number of hydrogen-bond donors (Lipinski definition) is 2. The van der Waals surface area contributed by atoms with Crippen LogP contribution < -0.4 is 11.1 Å². The third kappa shape index (κ3) is 11.4. The Balaban J connectivity index is 2.09. The van der Waals surface area contributed by atoms with Gasteiger partial charge in [0.25, 0.3) is 0 Å². The molecule has 1 heterocycles. The lowest BCUT2D eigenvalue weighted by molar-refractivity contribution is -0.269. The van der Waals surface area contributed by atoms with Crippen LogP contribution in [0, 0.1) is 0 Å². The second-order valence-electron chi connectivity index (χ2n) is 8.94.